The number of nitro groups is 1. The second kappa shape index (κ2) is 5.73. The molecule has 0 aliphatic heterocycles. The standard InChI is InChI=1S/C14H18N2O4/c1-5-8-15(14(2,3)4)10-6-7-11(13(17)18)12(9-10)16(19)20/h5-7,9H,1,8H2,2-4H3,(H,17,18). The van der Waals surface area contributed by atoms with Gasteiger partial charge in [0.1, 0.15) is 5.56 Å². The number of hydrogen-bond acceptors (Lipinski definition) is 4. The monoisotopic (exact) mass is 278 g/mol. The van der Waals surface area contributed by atoms with E-state index in [0.717, 1.165) is 0 Å². The minimum absolute atomic E-state index is 0.271. The van der Waals surface area contributed by atoms with Crippen molar-refractivity contribution in [3.63, 3.8) is 0 Å². The summed E-state index contributed by atoms with van der Waals surface area (Å²) in [4.78, 5) is 23.2. The van der Waals surface area contributed by atoms with Crippen LogP contribution < -0.4 is 4.90 Å². The number of hydrogen-bond donors (Lipinski definition) is 1. The molecule has 1 N–H and O–H groups in total. The van der Waals surface area contributed by atoms with Gasteiger partial charge in [0.2, 0.25) is 0 Å². The molecule has 0 aliphatic rings. The van der Waals surface area contributed by atoms with Gasteiger partial charge in [-0.2, -0.15) is 0 Å². The van der Waals surface area contributed by atoms with E-state index < -0.39 is 16.6 Å². The Labute approximate surface area is 117 Å². The first-order chi connectivity index (χ1) is 9.18. The Morgan fingerprint density at radius 2 is 2.10 bits per heavy atom. The van der Waals surface area contributed by atoms with E-state index in [9.17, 15) is 14.9 Å². The highest BCUT2D eigenvalue weighted by Gasteiger charge is 2.25. The predicted octanol–water partition coefficient (Wildman–Crippen LogP) is 3.08. The molecule has 0 saturated heterocycles. The summed E-state index contributed by atoms with van der Waals surface area (Å²) in [6.45, 7) is 10.1. The number of carbonyl (C=O) groups is 1. The average molecular weight is 278 g/mol. The molecule has 0 saturated carbocycles. The van der Waals surface area contributed by atoms with Gasteiger partial charge in [-0.15, -0.1) is 6.58 Å². The summed E-state index contributed by atoms with van der Waals surface area (Å²) in [5.41, 5.74) is -0.402. The molecule has 0 unspecified atom stereocenters. The van der Waals surface area contributed by atoms with Crippen molar-refractivity contribution in [2.24, 2.45) is 0 Å². The number of rotatable bonds is 5. The molecule has 0 heterocycles. The molecule has 6 heteroatoms. The first-order valence-electron chi connectivity index (χ1n) is 6.08. The van der Waals surface area contributed by atoms with Gasteiger partial charge in [0.25, 0.3) is 5.69 Å². The largest absolute Gasteiger partial charge is 0.477 e. The van der Waals surface area contributed by atoms with E-state index in [0.29, 0.717) is 12.2 Å². The van der Waals surface area contributed by atoms with E-state index in [1.54, 1.807) is 12.1 Å². The molecule has 0 atom stereocenters. The van der Waals surface area contributed by atoms with E-state index in [-0.39, 0.29) is 11.1 Å². The number of carboxylic acid groups (broad SMARTS) is 1. The van der Waals surface area contributed by atoms with E-state index in [2.05, 4.69) is 6.58 Å². The van der Waals surface area contributed by atoms with Gasteiger partial charge in [-0.3, -0.25) is 10.1 Å². The number of anilines is 1. The Balaban J connectivity index is 3.39. The highest BCUT2D eigenvalue weighted by molar-refractivity contribution is 5.93. The lowest BCUT2D eigenvalue weighted by Crippen LogP contribution is -2.41. The smallest absolute Gasteiger partial charge is 0.342 e. The van der Waals surface area contributed by atoms with E-state index in [1.807, 2.05) is 25.7 Å². The Bertz CT molecular complexity index is 547. The van der Waals surface area contributed by atoms with Crippen LogP contribution in [0.15, 0.2) is 30.9 Å². The van der Waals surface area contributed by atoms with Crippen LogP contribution in [0.3, 0.4) is 0 Å². The van der Waals surface area contributed by atoms with Gasteiger partial charge in [0.15, 0.2) is 0 Å². The molecule has 1 aromatic rings. The van der Waals surface area contributed by atoms with E-state index >= 15 is 0 Å². The molecule has 0 fully saturated rings. The van der Waals surface area contributed by atoms with Gasteiger partial charge in [0, 0.05) is 23.8 Å². The van der Waals surface area contributed by atoms with Crippen LogP contribution in [0.1, 0.15) is 31.1 Å². The van der Waals surface area contributed by atoms with Crippen molar-refractivity contribution in [3.05, 3.63) is 46.5 Å². The topological polar surface area (TPSA) is 83.7 Å². The molecular weight excluding hydrogens is 260 g/mol. The van der Waals surface area contributed by atoms with Crippen LogP contribution in [0.25, 0.3) is 0 Å². The van der Waals surface area contributed by atoms with Crippen molar-refractivity contribution in [1.29, 1.82) is 0 Å². The maximum Gasteiger partial charge on any atom is 0.342 e. The first-order valence-corrected chi connectivity index (χ1v) is 6.08. The second-order valence-corrected chi connectivity index (χ2v) is 5.33. The van der Waals surface area contributed by atoms with E-state index in [1.165, 1.54) is 12.1 Å². The number of nitro benzene ring substituents is 1. The number of nitrogens with zero attached hydrogens (tertiary/aromatic N) is 2. The summed E-state index contributed by atoms with van der Waals surface area (Å²) in [6, 6.07) is 4.13. The fraction of sp³-hybridized carbons (Fsp3) is 0.357. The molecule has 0 aliphatic carbocycles. The lowest BCUT2D eigenvalue weighted by Gasteiger charge is -2.37. The molecule has 0 spiro atoms. The minimum atomic E-state index is -1.31. The van der Waals surface area contributed by atoms with Gasteiger partial charge >= 0.3 is 5.97 Å². The molecule has 0 bridgehead atoms. The summed E-state index contributed by atoms with van der Waals surface area (Å²) < 4.78 is 0. The molecule has 6 nitrogen and oxygen atoms in total. The highest BCUT2D eigenvalue weighted by atomic mass is 16.6. The van der Waals surface area contributed by atoms with Crippen LogP contribution in [-0.2, 0) is 0 Å². The molecule has 1 aromatic carbocycles. The lowest BCUT2D eigenvalue weighted by molar-refractivity contribution is -0.385. The Kier molecular flexibility index (Phi) is 4.49. The summed E-state index contributed by atoms with van der Waals surface area (Å²) in [5, 5.41) is 20.0. The molecule has 0 amide bonds. The third kappa shape index (κ3) is 3.34. The summed E-state index contributed by atoms with van der Waals surface area (Å²) >= 11 is 0. The number of aromatic carboxylic acids is 1. The van der Waals surface area contributed by atoms with Crippen molar-refractivity contribution in [1.82, 2.24) is 0 Å². The molecule has 0 radical (unpaired) electrons. The third-order valence-electron chi connectivity index (χ3n) is 2.84. The van der Waals surface area contributed by atoms with Crippen molar-refractivity contribution in [2.45, 2.75) is 26.3 Å². The summed E-state index contributed by atoms with van der Waals surface area (Å²) in [6.07, 6.45) is 1.70. The Hall–Kier alpha value is -2.37. The van der Waals surface area contributed by atoms with E-state index in [4.69, 9.17) is 5.11 Å². The van der Waals surface area contributed by atoms with Crippen molar-refractivity contribution in [3.8, 4) is 0 Å². The van der Waals surface area contributed by atoms with Crippen molar-refractivity contribution < 1.29 is 14.8 Å². The average Bonchev–Trinajstić information content (AvgIpc) is 2.33. The zero-order valence-corrected chi connectivity index (χ0v) is 11.8. The number of carboxylic acids is 1. The molecular formula is C14H18N2O4. The Morgan fingerprint density at radius 3 is 2.50 bits per heavy atom. The third-order valence-corrected chi connectivity index (χ3v) is 2.84. The fourth-order valence-corrected chi connectivity index (χ4v) is 1.92. The SMILES string of the molecule is C=CCN(c1ccc(C(=O)O)c([N+](=O)[O-])c1)C(C)(C)C. The second-order valence-electron chi connectivity index (χ2n) is 5.33. The Morgan fingerprint density at radius 1 is 1.50 bits per heavy atom. The van der Waals surface area contributed by atoms with Gasteiger partial charge in [0.05, 0.1) is 4.92 Å². The maximum absolute atomic E-state index is 11.0. The molecule has 108 valence electrons. The number of benzene rings is 1. The first kappa shape index (κ1) is 15.7. The normalized spacial score (nSPS) is 10.9. The lowest BCUT2D eigenvalue weighted by atomic mass is 10.0. The summed E-state index contributed by atoms with van der Waals surface area (Å²) in [5.74, 6) is -1.31. The zero-order chi connectivity index (χ0) is 15.5. The van der Waals surface area contributed by atoms with Gasteiger partial charge in [-0.25, -0.2) is 4.79 Å². The van der Waals surface area contributed by atoms with Crippen molar-refractivity contribution >= 4 is 17.3 Å². The maximum atomic E-state index is 11.0. The quantitative estimate of drug-likeness (QED) is 0.508. The van der Waals surface area contributed by atoms with Gasteiger partial charge in [-0.1, -0.05) is 6.08 Å². The zero-order valence-electron chi connectivity index (χ0n) is 11.8. The van der Waals surface area contributed by atoms with Crippen LogP contribution in [0.2, 0.25) is 0 Å². The minimum Gasteiger partial charge on any atom is -0.477 e. The van der Waals surface area contributed by atoms with Gasteiger partial charge in [-0.05, 0) is 32.9 Å². The van der Waals surface area contributed by atoms with Crippen LogP contribution >= 0.6 is 0 Å². The summed E-state index contributed by atoms with van der Waals surface area (Å²) in [7, 11) is 0. The van der Waals surface area contributed by atoms with Crippen LogP contribution in [-0.4, -0.2) is 28.1 Å². The predicted molar refractivity (Wildman–Crippen MR) is 77.4 cm³/mol. The van der Waals surface area contributed by atoms with Crippen molar-refractivity contribution in [2.75, 3.05) is 11.4 Å². The highest BCUT2D eigenvalue weighted by Crippen LogP contribution is 2.29. The molecule has 20 heavy (non-hydrogen) atoms. The van der Waals surface area contributed by atoms with Crippen LogP contribution in [0, 0.1) is 10.1 Å². The fourth-order valence-electron chi connectivity index (χ4n) is 1.92. The molecule has 1 rings (SSSR count). The van der Waals surface area contributed by atoms with Gasteiger partial charge < -0.3 is 10.0 Å². The molecule has 0 aromatic heterocycles. The van der Waals surface area contributed by atoms with Crippen LogP contribution in [0.4, 0.5) is 11.4 Å². The van der Waals surface area contributed by atoms with Crippen LogP contribution in [0.5, 0.6) is 0 Å².